The second-order valence-electron chi connectivity index (χ2n) is 7.05. The lowest BCUT2D eigenvalue weighted by Gasteiger charge is -2.39. The Balaban J connectivity index is 1.65. The van der Waals surface area contributed by atoms with E-state index < -0.39 is 5.41 Å². The summed E-state index contributed by atoms with van der Waals surface area (Å²) >= 11 is 0. The van der Waals surface area contributed by atoms with Crippen molar-refractivity contribution in [3.8, 4) is 0 Å². The molecule has 0 bridgehead atoms. The van der Waals surface area contributed by atoms with Gasteiger partial charge in [-0.05, 0) is 37.0 Å². The lowest BCUT2D eigenvalue weighted by atomic mass is 9.78. The third-order valence-electron chi connectivity index (χ3n) is 5.34. The van der Waals surface area contributed by atoms with Gasteiger partial charge in [-0.25, -0.2) is 4.39 Å². The summed E-state index contributed by atoms with van der Waals surface area (Å²) in [5.41, 5.74) is 0.485. The molecule has 0 N–H and O–H groups in total. The van der Waals surface area contributed by atoms with Crippen LogP contribution in [0.2, 0.25) is 0 Å². The largest absolute Gasteiger partial charge is 0.384 e. The number of rotatable bonds is 5. The third kappa shape index (κ3) is 3.84. The van der Waals surface area contributed by atoms with Crippen molar-refractivity contribution in [2.75, 3.05) is 33.4 Å². The number of hydrogen-bond acceptors (Lipinski definition) is 3. The summed E-state index contributed by atoms with van der Waals surface area (Å²) in [6.07, 6.45) is 2.86. The van der Waals surface area contributed by atoms with Crippen molar-refractivity contribution in [1.82, 2.24) is 9.80 Å². The van der Waals surface area contributed by atoms with Gasteiger partial charge < -0.3 is 14.5 Å². The Bertz CT molecular complexity index is 634. The summed E-state index contributed by atoms with van der Waals surface area (Å²) in [5.74, 6) is -0.0847. The van der Waals surface area contributed by atoms with Crippen LogP contribution in [0.3, 0.4) is 0 Å². The van der Waals surface area contributed by atoms with Gasteiger partial charge in [0.2, 0.25) is 11.8 Å². The maximum Gasteiger partial charge on any atom is 0.230 e. The first-order chi connectivity index (χ1) is 12.0. The summed E-state index contributed by atoms with van der Waals surface area (Å²) in [6.45, 7) is 2.77. The molecule has 6 heteroatoms. The maximum atomic E-state index is 13.1. The first-order valence-electron chi connectivity index (χ1n) is 8.85. The number of halogens is 1. The van der Waals surface area contributed by atoms with Gasteiger partial charge in [0.25, 0.3) is 0 Å². The molecule has 25 heavy (non-hydrogen) atoms. The molecule has 2 heterocycles. The number of carbonyl (C=O) groups excluding carboxylic acids is 2. The van der Waals surface area contributed by atoms with Crippen molar-refractivity contribution in [3.05, 3.63) is 35.6 Å². The monoisotopic (exact) mass is 348 g/mol. The number of benzene rings is 1. The number of amides is 2. The van der Waals surface area contributed by atoms with E-state index in [0.29, 0.717) is 32.7 Å². The van der Waals surface area contributed by atoms with Gasteiger partial charge in [-0.15, -0.1) is 0 Å². The van der Waals surface area contributed by atoms with Crippen LogP contribution in [0.25, 0.3) is 0 Å². The molecule has 0 aliphatic carbocycles. The highest BCUT2D eigenvalue weighted by Gasteiger charge is 2.49. The van der Waals surface area contributed by atoms with Crippen LogP contribution in [0.5, 0.6) is 0 Å². The minimum absolute atomic E-state index is 0.0576. The fourth-order valence-electron chi connectivity index (χ4n) is 3.92. The van der Waals surface area contributed by atoms with Crippen LogP contribution in [0.4, 0.5) is 4.39 Å². The zero-order chi connectivity index (χ0) is 17.9. The van der Waals surface area contributed by atoms with E-state index in [1.165, 1.54) is 12.1 Å². The Morgan fingerprint density at radius 2 is 2.00 bits per heavy atom. The zero-order valence-corrected chi connectivity index (χ0v) is 14.7. The van der Waals surface area contributed by atoms with Crippen molar-refractivity contribution in [2.45, 2.75) is 32.2 Å². The van der Waals surface area contributed by atoms with E-state index in [-0.39, 0.29) is 17.6 Å². The molecule has 1 aromatic carbocycles. The summed E-state index contributed by atoms with van der Waals surface area (Å²) < 4.78 is 18.0. The maximum absolute atomic E-state index is 13.1. The molecule has 2 fully saturated rings. The molecule has 1 spiro atoms. The van der Waals surface area contributed by atoms with Crippen molar-refractivity contribution in [1.29, 1.82) is 0 Å². The lowest BCUT2D eigenvalue weighted by molar-refractivity contribution is -0.146. The normalized spacial score (nSPS) is 23.5. The van der Waals surface area contributed by atoms with Crippen LogP contribution in [-0.4, -0.2) is 55.0 Å². The van der Waals surface area contributed by atoms with Crippen LogP contribution in [-0.2, 0) is 20.9 Å². The molecule has 2 saturated heterocycles. The second kappa shape index (κ2) is 7.52. The average Bonchev–Trinajstić information content (AvgIpc) is 3.04. The van der Waals surface area contributed by atoms with Crippen molar-refractivity contribution < 1.29 is 18.7 Å². The van der Waals surface area contributed by atoms with Gasteiger partial charge in [0, 0.05) is 33.3 Å². The lowest BCUT2D eigenvalue weighted by Crippen LogP contribution is -2.50. The van der Waals surface area contributed by atoms with Gasteiger partial charge >= 0.3 is 0 Å². The average molecular weight is 348 g/mol. The predicted octanol–water partition coefficient (Wildman–Crippen LogP) is 2.20. The Labute approximate surface area is 147 Å². The number of ether oxygens (including phenoxy) is 1. The van der Waals surface area contributed by atoms with Gasteiger partial charge in [-0.2, -0.15) is 0 Å². The van der Waals surface area contributed by atoms with E-state index in [4.69, 9.17) is 4.74 Å². The Kier molecular flexibility index (Phi) is 5.37. The molecule has 0 aromatic heterocycles. The molecular weight excluding hydrogens is 323 g/mol. The topological polar surface area (TPSA) is 49.9 Å². The number of nitrogens with zero attached hydrogens (tertiary/aromatic N) is 2. The summed E-state index contributed by atoms with van der Waals surface area (Å²) in [5, 5.41) is 0. The van der Waals surface area contributed by atoms with Crippen molar-refractivity contribution >= 4 is 11.8 Å². The first-order valence-corrected chi connectivity index (χ1v) is 8.85. The predicted molar refractivity (Wildman–Crippen MR) is 91.2 cm³/mol. The SMILES string of the molecule is COCCC(=O)N1CC[C@]2(CCCN(Cc3ccc(F)cc3)C2=O)C1. The molecule has 0 radical (unpaired) electrons. The molecule has 136 valence electrons. The molecule has 0 saturated carbocycles. The van der Waals surface area contributed by atoms with Crippen LogP contribution in [0.15, 0.2) is 24.3 Å². The molecule has 5 nitrogen and oxygen atoms in total. The highest BCUT2D eigenvalue weighted by atomic mass is 19.1. The fourth-order valence-corrected chi connectivity index (χ4v) is 3.92. The summed E-state index contributed by atoms with van der Waals surface area (Å²) in [7, 11) is 1.58. The van der Waals surface area contributed by atoms with E-state index in [9.17, 15) is 14.0 Å². The number of carbonyl (C=O) groups is 2. The number of piperidine rings is 1. The van der Waals surface area contributed by atoms with Crippen molar-refractivity contribution in [2.24, 2.45) is 5.41 Å². The Hall–Kier alpha value is -1.95. The van der Waals surface area contributed by atoms with E-state index in [1.807, 2.05) is 4.90 Å². The quantitative estimate of drug-likeness (QED) is 0.820. The summed E-state index contributed by atoms with van der Waals surface area (Å²) in [4.78, 5) is 29.0. The highest BCUT2D eigenvalue weighted by Crippen LogP contribution is 2.40. The summed E-state index contributed by atoms with van der Waals surface area (Å²) in [6, 6.07) is 6.29. The molecule has 2 aliphatic heterocycles. The van der Waals surface area contributed by atoms with Crippen molar-refractivity contribution in [3.63, 3.8) is 0 Å². The molecule has 0 unspecified atom stereocenters. The number of hydrogen-bond donors (Lipinski definition) is 0. The third-order valence-corrected chi connectivity index (χ3v) is 5.34. The van der Waals surface area contributed by atoms with Gasteiger partial charge in [0.15, 0.2) is 0 Å². The first kappa shape index (κ1) is 17.9. The van der Waals surface area contributed by atoms with E-state index in [0.717, 1.165) is 31.4 Å². The van der Waals surface area contributed by atoms with E-state index in [2.05, 4.69) is 0 Å². The molecule has 2 aliphatic rings. The van der Waals surface area contributed by atoms with Crippen LogP contribution in [0.1, 0.15) is 31.2 Å². The number of likely N-dealkylation sites (tertiary alicyclic amines) is 2. The zero-order valence-electron chi connectivity index (χ0n) is 14.7. The van der Waals surface area contributed by atoms with Crippen LogP contribution in [0, 0.1) is 11.2 Å². The van der Waals surface area contributed by atoms with Crippen LogP contribution < -0.4 is 0 Å². The minimum Gasteiger partial charge on any atom is -0.384 e. The molecule has 2 amide bonds. The molecule has 1 aromatic rings. The van der Waals surface area contributed by atoms with Gasteiger partial charge in [0.05, 0.1) is 18.4 Å². The minimum atomic E-state index is -0.443. The van der Waals surface area contributed by atoms with E-state index in [1.54, 1.807) is 24.1 Å². The number of methoxy groups -OCH3 is 1. The fraction of sp³-hybridized carbons (Fsp3) is 0.579. The Morgan fingerprint density at radius 3 is 2.72 bits per heavy atom. The second-order valence-corrected chi connectivity index (χ2v) is 7.05. The molecule has 3 rings (SSSR count). The standard InChI is InChI=1S/C19H25FN2O3/c1-25-12-7-17(23)22-11-9-19(14-22)8-2-10-21(18(19)24)13-15-3-5-16(20)6-4-15/h3-6H,2,7-14H2,1H3/t19-/m1/s1. The smallest absolute Gasteiger partial charge is 0.230 e. The molecule has 1 atom stereocenters. The van der Waals surface area contributed by atoms with Gasteiger partial charge in [0.1, 0.15) is 5.82 Å². The molecular formula is C19H25FN2O3. The Morgan fingerprint density at radius 1 is 1.24 bits per heavy atom. The van der Waals surface area contributed by atoms with Gasteiger partial charge in [-0.1, -0.05) is 12.1 Å². The highest BCUT2D eigenvalue weighted by molar-refractivity contribution is 5.86. The van der Waals surface area contributed by atoms with Crippen LogP contribution >= 0.6 is 0 Å². The van der Waals surface area contributed by atoms with Gasteiger partial charge in [-0.3, -0.25) is 9.59 Å². The van der Waals surface area contributed by atoms with E-state index >= 15 is 0 Å².